The summed E-state index contributed by atoms with van der Waals surface area (Å²) in [5.74, 6) is 0.448. The third-order valence-corrected chi connectivity index (χ3v) is 4.94. The van der Waals surface area contributed by atoms with E-state index in [2.05, 4.69) is 26.3 Å². The first-order valence-corrected chi connectivity index (χ1v) is 9.80. The predicted octanol–water partition coefficient (Wildman–Crippen LogP) is 2.82. The van der Waals surface area contributed by atoms with E-state index in [4.69, 9.17) is 9.72 Å². The van der Waals surface area contributed by atoms with Gasteiger partial charge in [-0.15, -0.1) is 0 Å². The Labute approximate surface area is 164 Å². The number of rotatable bonds is 6. The maximum absolute atomic E-state index is 12.0. The Balaban J connectivity index is 1.64. The molecular weight excluding hydrogens is 354 g/mol. The van der Waals surface area contributed by atoms with Gasteiger partial charge in [0, 0.05) is 6.04 Å². The van der Waals surface area contributed by atoms with Crippen molar-refractivity contribution in [3.63, 3.8) is 0 Å². The molecule has 0 radical (unpaired) electrons. The van der Waals surface area contributed by atoms with Crippen molar-refractivity contribution in [2.24, 2.45) is 0 Å². The lowest BCUT2D eigenvalue weighted by molar-refractivity contribution is 0.0519. The highest BCUT2D eigenvalue weighted by atomic mass is 16.5. The lowest BCUT2D eigenvalue weighted by atomic mass is 10.1. The topological polar surface area (TPSA) is 81.1 Å². The normalized spacial score (nSPS) is 14.9. The van der Waals surface area contributed by atoms with Crippen molar-refractivity contribution in [1.29, 1.82) is 0 Å². The zero-order chi connectivity index (χ0) is 19.3. The fraction of sp³-hybridized carbons (Fsp3) is 0.381. The van der Waals surface area contributed by atoms with Crippen LogP contribution in [-0.4, -0.2) is 46.2 Å². The third-order valence-electron chi connectivity index (χ3n) is 4.94. The smallest absolute Gasteiger partial charge is 0.356 e. The second-order valence-electron chi connectivity index (χ2n) is 6.91. The first-order valence-electron chi connectivity index (χ1n) is 9.80. The number of nitrogens with one attached hydrogen (secondary N) is 2. The lowest BCUT2D eigenvalue weighted by Gasteiger charge is -2.24. The number of fused-ring (bicyclic) bond motifs is 1. The minimum atomic E-state index is -0.395. The molecule has 0 saturated carbocycles. The summed E-state index contributed by atoms with van der Waals surface area (Å²) in [4.78, 5) is 21.3. The number of nitrogens with zero attached hydrogens (tertiary/aromatic N) is 3. The number of anilines is 1. The van der Waals surface area contributed by atoms with Crippen LogP contribution in [-0.2, 0) is 11.3 Å². The van der Waals surface area contributed by atoms with Crippen molar-refractivity contribution in [2.75, 3.05) is 25.0 Å². The van der Waals surface area contributed by atoms with Crippen molar-refractivity contribution in [2.45, 2.75) is 32.4 Å². The number of pyridine rings is 1. The molecule has 1 aliphatic rings. The Kier molecular flexibility index (Phi) is 5.53. The summed E-state index contributed by atoms with van der Waals surface area (Å²) < 4.78 is 7.21. The number of carbonyl (C=O) groups excluding carboxylic acids is 1. The summed E-state index contributed by atoms with van der Waals surface area (Å²) >= 11 is 0. The number of piperidine rings is 1. The van der Waals surface area contributed by atoms with Gasteiger partial charge in [0.25, 0.3) is 0 Å². The minimum absolute atomic E-state index is 0.330. The van der Waals surface area contributed by atoms with Crippen LogP contribution in [0.4, 0.5) is 5.95 Å². The molecule has 0 bridgehead atoms. The van der Waals surface area contributed by atoms with Gasteiger partial charge in [-0.25, -0.2) is 14.8 Å². The van der Waals surface area contributed by atoms with Crippen LogP contribution in [0.1, 0.15) is 35.9 Å². The molecule has 1 saturated heterocycles. The van der Waals surface area contributed by atoms with E-state index in [1.165, 1.54) is 0 Å². The molecule has 2 N–H and O–H groups in total. The molecule has 0 aliphatic carbocycles. The molecular formula is C21H25N5O2. The molecule has 0 amide bonds. The Morgan fingerprint density at radius 3 is 2.82 bits per heavy atom. The van der Waals surface area contributed by atoms with Gasteiger partial charge in [0.15, 0.2) is 0 Å². The largest absolute Gasteiger partial charge is 0.461 e. The predicted molar refractivity (Wildman–Crippen MR) is 109 cm³/mol. The molecule has 2 aromatic heterocycles. The summed E-state index contributed by atoms with van der Waals surface area (Å²) in [6, 6.07) is 13.9. The van der Waals surface area contributed by atoms with E-state index in [-0.39, 0.29) is 0 Å². The van der Waals surface area contributed by atoms with Gasteiger partial charge in [-0.3, -0.25) is 0 Å². The number of ether oxygens (including phenoxy) is 1. The fourth-order valence-corrected chi connectivity index (χ4v) is 3.54. The molecule has 4 rings (SSSR count). The first kappa shape index (κ1) is 18.4. The number of imidazole rings is 1. The van der Waals surface area contributed by atoms with Crippen molar-refractivity contribution in [3.05, 3.63) is 53.9 Å². The molecule has 1 aliphatic heterocycles. The Morgan fingerprint density at radius 1 is 1.18 bits per heavy atom. The van der Waals surface area contributed by atoms with E-state index in [9.17, 15) is 4.79 Å². The van der Waals surface area contributed by atoms with Crippen LogP contribution >= 0.6 is 0 Å². The van der Waals surface area contributed by atoms with Crippen molar-refractivity contribution < 1.29 is 9.53 Å². The van der Waals surface area contributed by atoms with Gasteiger partial charge < -0.3 is 19.9 Å². The number of esters is 1. The zero-order valence-corrected chi connectivity index (χ0v) is 16.0. The van der Waals surface area contributed by atoms with Gasteiger partial charge in [-0.1, -0.05) is 18.2 Å². The molecule has 28 heavy (non-hydrogen) atoms. The highest BCUT2D eigenvalue weighted by Gasteiger charge is 2.18. The van der Waals surface area contributed by atoms with Gasteiger partial charge in [-0.2, -0.15) is 0 Å². The van der Waals surface area contributed by atoms with Crippen LogP contribution in [0.2, 0.25) is 0 Å². The van der Waals surface area contributed by atoms with Crippen LogP contribution in [0.5, 0.6) is 0 Å². The summed E-state index contributed by atoms with van der Waals surface area (Å²) in [6.07, 6.45) is 2.14. The number of benzene rings is 1. The summed E-state index contributed by atoms with van der Waals surface area (Å²) in [5, 5.41) is 7.00. The van der Waals surface area contributed by atoms with E-state index in [0.717, 1.165) is 48.6 Å². The van der Waals surface area contributed by atoms with Gasteiger partial charge in [0.2, 0.25) is 5.95 Å². The van der Waals surface area contributed by atoms with Gasteiger partial charge in [-0.05, 0) is 57.1 Å². The molecule has 0 unspecified atom stereocenters. The standard InChI is InChI=1S/C21H25N5O2/c1-2-28-20(27)18-8-5-6-16(23-18)14-26-19-9-4-3-7-17(19)25-21(26)24-15-10-12-22-13-11-15/h3-9,15,22H,2,10-14H2,1H3,(H,24,25). The summed E-state index contributed by atoms with van der Waals surface area (Å²) in [6.45, 7) is 4.68. The summed E-state index contributed by atoms with van der Waals surface area (Å²) in [7, 11) is 0. The quantitative estimate of drug-likeness (QED) is 0.641. The third kappa shape index (κ3) is 3.99. The van der Waals surface area contributed by atoms with Crippen LogP contribution in [0.3, 0.4) is 0 Å². The van der Waals surface area contributed by atoms with E-state index in [0.29, 0.717) is 24.9 Å². The maximum atomic E-state index is 12.0. The molecule has 3 heterocycles. The van der Waals surface area contributed by atoms with Gasteiger partial charge in [0.1, 0.15) is 5.69 Å². The van der Waals surface area contributed by atoms with Gasteiger partial charge >= 0.3 is 5.97 Å². The fourth-order valence-electron chi connectivity index (χ4n) is 3.54. The molecule has 1 fully saturated rings. The van der Waals surface area contributed by atoms with E-state index in [1.54, 1.807) is 13.0 Å². The second-order valence-corrected chi connectivity index (χ2v) is 6.91. The number of hydrogen-bond acceptors (Lipinski definition) is 6. The minimum Gasteiger partial charge on any atom is -0.461 e. The lowest BCUT2D eigenvalue weighted by Crippen LogP contribution is -2.36. The molecule has 1 aromatic carbocycles. The molecule has 3 aromatic rings. The van der Waals surface area contributed by atoms with Crippen LogP contribution in [0.15, 0.2) is 42.5 Å². The molecule has 7 heteroatoms. The number of hydrogen-bond donors (Lipinski definition) is 2. The second kappa shape index (κ2) is 8.39. The van der Waals surface area contributed by atoms with E-state index < -0.39 is 5.97 Å². The average molecular weight is 379 g/mol. The highest BCUT2D eigenvalue weighted by molar-refractivity contribution is 5.87. The van der Waals surface area contributed by atoms with Crippen molar-refractivity contribution in [3.8, 4) is 0 Å². The summed E-state index contributed by atoms with van der Waals surface area (Å²) in [5.41, 5.74) is 3.11. The molecule has 0 spiro atoms. The molecule has 146 valence electrons. The maximum Gasteiger partial charge on any atom is 0.356 e. The zero-order valence-electron chi connectivity index (χ0n) is 16.0. The first-order chi connectivity index (χ1) is 13.7. The Bertz CT molecular complexity index is 962. The number of carbonyl (C=O) groups is 1. The van der Waals surface area contributed by atoms with Gasteiger partial charge in [0.05, 0.1) is 29.9 Å². The Morgan fingerprint density at radius 2 is 2.00 bits per heavy atom. The van der Waals surface area contributed by atoms with E-state index >= 15 is 0 Å². The number of para-hydroxylation sites is 2. The average Bonchev–Trinajstić information content (AvgIpc) is 3.06. The SMILES string of the molecule is CCOC(=O)c1cccc(Cn2c(NC3CCNCC3)nc3ccccc32)n1. The highest BCUT2D eigenvalue weighted by Crippen LogP contribution is 2.22. The monoisotopic (exact) mass is 379 g/mol. The van der Waals surface area contributed by atoms with Crippen molar-refractivity contribution in [1.82, 2.24) is 19.9 Å². The Hall–Kier alpha value is -2.93. The van der Waals surface area contributed by atoms with Crippen LogP contribution in [0.25, 0.3) is 11.0 Å². The van der Waals surface area contributed by atoms with Crippen LogP contribution < -0.4 is 10.6 Å². The van der Waals surface area contributed by atoms with Crippen molar-refractivity contribution >= 4 is 23.0 Å². The molecule has 7 nitrogen and oxygen atoms in total. The molecule has 0 atom stereocenters. The number of aromatic nitrogens is 3. The van der Waals surface area contributed by atoms with Crippen LogP contribution in [0, 0.1) is 0 Å². The van der Waals surface area contributed by atoms with E-state index in [1.807, 2.05) is 30.3 Å².